The number of hydrogen-bond acceptors (Lipinski definition) is 7. The largest absolute Gasteiger partial charge is 0.315 e. The molecule has 1 fully saturated rings. The van der Waals surface area contributed by atoms with Crippen LogP contribution in [0.3, 0.4) is 0 Å². The average molecular weight is 482 g/mol. The predicted octanol–water partition coefficient (Wildman–Crippen LogP) is 4.14. The monoisotopic (exact) mass is 481 g/mol. The Kier molecular flexibility index (Phi) is 6.44. The summed E-state index contributed by atoms with van der Waals surface area (Å²) < 4.78 is 26.9. The topological polar surface area (TPSA) is 116 Å². The minimum atomic E-state index is -3.39. The van der Waals surface area contributed by atoms with Gasteiger partial charge in [0.1, 0.15) is 6.07 Å². The first-order valence-corrected chi connectivity index (χ1v) is 12.9. The van der Waals surface area contributed by atoms with Crippen molar-refractivity contribution in [1.29, 1.82) is 5.26 Å². The van der Waals surface area contributed by atoms with Crippen LogP contribution in [0.5, 0.6) is 0 Å². The van der Waals surface area contributed by atoms with E-state index in [4.69, 9.17) is 5.26 Å². The highest BCUT2D eigenvalue weighted by molar-refractivity contribution is 7.93. The second-order valence-corrected chi connectivity index (χ2v) is 10.7. The number of anilines is 2. The zero-order valence-electron chi connectivity index (χ0n) is 18.2. The maximum absolute atomic E-state index is 13.2. The number of aromatic nitrogens is 2. The number of nitriles is 1. The second kappa shape index (κ2) is 9.29. The van der Waals surface area contributed by atoms with Crippen molar-refractivity contribution < 1.29 is 13.2 Å². The lowest BCUT2D eigenvalue weighted by Crippen LogP contribution is -2.31. The van der Waals surface area contributed by atoms with Crippen LogP contribution in [-0.4, -0.2) is 36.6 Å². The fraction of sp³-hybridized carbons (Fsp3) is 0.304. The van der Waals surface area contributed by atoms with Gasteiger partial charge >= 0.3 is 0 Å². The summed E-state index contributed by atoms with van der Waals surface area (Å²) in [5.41, 5.74) is 3.48. The van der Waals surface area contributed by atoms with E-state index in [-0.39, 0.29) is 11.2 Å². The Morgan fingerprint density at radius 1 is 1.27 bits per heavy atom. The molecule has 1 unspecified atom stereocenters. The van der Waals surface area contributed by atoms with Crippen molar-refractivity contribution in [3.8, 4) is 17.2 Å². The first kappa shape index (κ1) is 22.9. The maximum Gasteiger partial charge on any atom is 0.237 e. The molecule has 1 N–H and O–H groups in total. The molecule has 2 heterocycles. The highest BCUT2D eigenvalue weighted by Gasteiger charge is 2.36. The number of sulfonamides is 1. The summed E-state index contributed by atoms with van der Waals surface area (Å²) in [6.45, 7) is 1.90. The summed E-state index contributed by atoms with van der Waals surface area (Å²) >= 11 is 1.19. The van der Waals surface area contributed by atoms with Gasteiger partial charge in [0.05, 0.1) is 22.4 Å². The molecule has 1 aliphatic rings. The third-order valence-corrected chi connectivity index (χ3v) is 8.30. The molecule has 4 rings (SSSR count). The van der Waals surface area contributed by atoms with Gasteiger partial charge in [0.2, 0.25) is 15.9 Å². The predicted molar refractivity (Wildman–Crippen MR) is 129 cm³/mol. The molecule has 170 valence electrons. The quantitative estimate of drug-likeness (QED) is 0.517. The van der Waals surface area contributed by atoms with E-state index in [1.165, 1.54) is 17.5 Å². The Morgan fingerprint density at radius 3 is 2.64 bits per heavy atom. The highest BCUT2D eigenvalue weighted by Crippen LogP contribution is 2.33. The molecule has 3 aromatic rings. The fourth-order valence-corrected chi connectivity index (χ4v) is 5.84. The summed E-state index contributed by atoms with van der Waals surface area (Å²) in [5, 5.41) is 10.8. The molecule has 1 aromatic carbocycles. The molecule has 0 radical (unpaired) electrons. The van der Waals surface area contributed by atoms with Gasteiger partial charge in [-0.25, -0.2) is 13.4 Å². The lowest BCUT2D eigenvalue weighted by Gasteiger charge is -2.22. The molecule has 0 bridgehead atoms. The third kappa shape index (κ3) is 5.05. The van der Waals surface area contributed by atoms with Crippen molar-refractivity contribution in [2.75, 3.05) is 16.7 Å². The standard InChI is InChI=1S/C23H23N5O3S2/c1-3-20(21-14-32-23(26-21)27-33(30,31)19-8-9-19)22(29)28(2)18-6-4-16(5-7-18)17-10-15(11-24)12-25-13-17/h4-7,10,12-14,19-20H,3,8-9H2,1-2H3,(H,26,27). The molecule has 1 atom stereocenters. The van der Waals surface area contributed by atoms with E-state index in [9.17, 15) is 13.2 Å². The summed E-state index contributed by atoms with van der Waals surface area (Å²) in [7, 11) is -1.68. The van der Waals surface area contributed by atoms with Crippen LogP contribution in [0.4, 0.5) is 10.8 Å². The Morgan fingerprint density at radius 2 is 2.00 bits per heavy atom. The molecule has 8 nitrogen and oxygen atoms in total. The van der Waals surface area contributed by atoms with Crippen LogP contribution in [0.2, 0.25) is 0 Å². The van der Waals surface area contributed by atoms with E-state index in [1.807, 2.05) is 31.2 Å². The van der Waals surface area contributed by atoms with Crippen LogP contribution >= 0.6 is 11.3 Å². The normalized spacial score (nSPS) is 14.3. The van der Waals surface area contributed by atoms with Gasteiger partial charge in [0.15, 0.2) is 5.13 Å². The number of amides is 1. The van der Waals surface area contributed by atoms with Crippen LogP contribution in [0, 0.1) is 11.3 Å². The highest BCUT2D eigenvalue weighted by atomic mass is 32.2. The van der Waals surface area contributed by atoms with Gasteiger partial charge in [-0.05, 0) is 43.0 Å². The van der Waals surface area contributed by atoms with E-state index >= 15 is 0 Å². The van der Waals surface area contributed by atoms with Crippen molar-refractivity contribution >= 4 is 38.1 Å². The number of nitrogens with one attached hydrogen (secondary N) is 1. The van der Waals surface area contributed by atoms with Crippen LogP contribution in [-0.2, 0) is 14.8 Å². The Balaban J connectivity index is 1.49. The van der Waals surface area contributed by atoms with Gasteiger partial charge in [0, 0.05) is 36.1 Å². The zero-order chi connectivity index (χ0) is 23.6. The van der Waals surface area contributed by atoms with E-state index < -0.39 is 15.9 Å². The summed E-state index contributed by atoms with van der Waals surface area (Å²) in [5.74, 6) is -0.609. The minimum Gasteiger partial charge on any atom is -0.315 e. The number of carbonyl (C=O) groups is 1. The Bertz CT molecular complexity index is 1310. The maximum atomic E-state index is 13.2. The third-order valence-electron chi connectivity index (χ3n) is 5.56. The smallest absolute Gasteiger partial charge is 0.237 e. The molecule has 0 saturated heterocycles. The lowest BCUT2D eigenvalue weighted by atomic mass is 10.0. The zero-order valence-corrected chi connectivity index (χ0v) is 19.9. The number of carbonyl (C=O) groups excluding carboxylic acids is 1. The molecule has 1 amide bonds. The molecule has 33 heavy (non-hydrogen) atoms. The number of pyridine rings is 1. The molecule has 1 saturated carbocycles. The average Bonchev–Trinajstić information content (AvgIpc) is 3.61. The SMILES string of the molecule is CCC(C(=O)N(C)c1ccc(-c2cncc(C#N)c2)cc1)c1csc(NS(=O)(=O)C2CC2)n1. The lowest BCUT2D eigenvalue weighted by molar-refractivity contribution is -0.119. The first-order chi connectivity index (χ1) is 15.8. The van der Waals surface area contributed by atoms with Crippen LogP contribution in [0.15, 0.2) is 48.1 Å². The van der Waals surface area contributed by atoms with E-state index in [0.29, 0.717) is 35.7 Å². The number of likely N-dealkylation sites (N-methyl/N-ethyl adjacent to an activating group) is 1. The number of thiazole rings is 1. The van der Waals surface area contributed by atoms with Gasteiger partial charge < -0.3 is 4.90 Å². The summed E-state index contributed by atoms with van der Waals surface area (Å²) in [4.78, 5) is 23.3. The van der Waals surface area contributed by atoms with Crippen molar-refractivity contribution in [2.24, 2.45) is 0 Å². The molecule has 0 aliphatic heterocycles. The van der Waals surface area contributed by atoms with Crippen molar-refractivity contribution in [1.82, 2.24) is 9.97 Å². The molecule has 1 aliphatic carbocycles. The van der Waals surface area contributed by atoms with E-state index in [2.05, 4.69) is 20.8 Å². The number of nitrogens with zero attached hydrogens (tertiary/aromatic N) is 4. The Labute approximate surface area is 197 Å². The van der Waals surface area contributed by atoms with Gasteiger partial charge in [-0.15, -0.1) is 11.3 Å². The second-order valence-electron chi connectivity index (χ2n) is 7.90. The van der Waals surface area contributed by atoms with Gasteiger partial charge in [-0.1, -0.05) is 19.1 Å². The molecule has 10 heteroatoms. The number of benzene rings is 1. The van der Waals surface area contributed by atoms with Crippen LogP contribution in [0.25, 0.3) is 11.1 Å². The van der Waals surface area contributed by atoms with Gasteiger partial charge in [0.25, 0.3) is 0 Å². The van der Waals surface area contributed by atoms with Gasteiger partial charge in [-0.3, -0.25) is 14.5 Å². The minimum absolute atomic E-state index is 0.125. The van der Waals surface area contributed by atoms with Crippen molar-refractivity contribution in [3.63, 3.8) is 0 Å². The van der Waals surface area contributed by atoms with Crippen molar-refractivity contribution in [3.05, 3.63) is 59.4 Å². The van der Waals surface area contributed by atoms with Crippen molar-refractivity contribution in [2.45, 2.75) is 37.4 Å². The van der Waals surface area contributed by atoms with E-state index in [0.717, 1.165) is 16.8 Å². The van der Waals surface area contributed by atoms with Crippen LogP contribution < -0.4 is 9.62 Å². The first-order valence-electron chi connectivity index (χ1n) is 10.5. The molecular formula is C23H23N5O3S2. The van der Waals surface area contributed by atoms with E-state index in [1.54, 1.807) is 29.6 Å². The Hall–Kier alpha value is -3.29. The summed E-state index contributed by atoms with van der Waals surface area (Å²) in [6, 6.07) is 11.3. The molecular weight excluding hydrogens is 458 g/mol. The molecule has 2 aromatic heterocycles. The number of rotatable bonds is 8. The van der Waals surface area contributed by atoms with Gasteiger partial charge in [-0.2, -0.15) is 5.26 Å². The summed E-state index contributed by atoms with van der Waals surface area (Å²) in [6.07, 6.45) is 5.08. The molecule has 0 spiro atoms. The number of hydrogen-bond donors (Lipinski definition) is 1. The van der Waals surface area contributed by atoms with Crippen LogP contribution in [0.1, 0.15) is 43.4 Å². The fourth-order valence-electron chi connectivity index (χ4n) is 3.48.